The van der Waals surface area contributed by atoms with E-state index in [4.69, 9.17) is 4.74 Å². The molecular weight excluding hydrogens is 587 g/mol. The molecule has 0 atom stereocenters. The topological polar surface area (TPSA) is 70.2 Å². The molecule has 12 heteroatoms. The average Bonchev–Trinajstić information content (AvgIpc) is 2.91. The van der Waals surface area contributed by atoms with E-state index in [2.05, 4.69) is 20.8 Å². The molecule has 0 unspecified atom stereocenters. The van der Waals surface area contributed by atoms with Gasteiger partial charge in [-0.15, -0.1) is 0 Å². The van der Waals surface area contributed by atoms with Gasteiger partial charge in [0.2, 0.25) is 15.9 Å². The number of alkyl halides is 3. The monoisotopic (exact) mass is 623 g/mol. The molecule has 3 aliphatic rings. The summed E-state index contributed by atoms with van der Waals surface area (Å²) in [5.41, 5.74) is -0.984. The van der Waals surface area contributed by atoms with E-state index in [1.54, 1.807) is 7.11 Å². The number of sulfonamides is 1. The molecule has 1 aromatic rings. The van der Waals surface area contributed by atoms with Crippen molar-refractivity contribution in [2.24, 2.45) is 11.8 Å². The van der Waals surface area contributed by atoms with E-state index < -0.39 is 21.8 Å². The summed E-state index contributed by atoms with van der Waals surface area (Å²) in [6.45, 7) is 4.53. The van der Waals surface area contributed by atoms with Gasteiger partial charge < -0.3 is 14.5 Å². The minimum atomic E-state index is -4.62. The van der Waals surface area contributed by atoms with Gasteiger partial charge in [0.15, 0.2) is 0 Å². The van der Waals surface area contributed by atoms with Crippen molar-refractivity contribution >= 4 is 31.9 Å². The van der Waals surface area contributed by atoms with Crippen molar-refractivity contribution in [3.8, 4) is 0 Å². The number of methoxy groups -OCH3 is 1. The van der Waals surface area contributed by atoms with Gasteiger partial charge in [-0.1, -0.05) is 0 Å². The summed E-state index contributed by atoms with van der Waals surface area (Å²) in [4.78, 5) is 17.1. The quantitative estimate of drug-likeness (QED) is 0.444. The Morgan fingerprint density at radius 1 is 1.00 bits per heavy atom. The molecular formula is C26H37BrF3N3O4S. The third-order valence-electron chi connectivity index (χ3n) is 8.35. The lowest BCUT2D eigenvalue weighted by molar-refractivity contribution is -0.139. The summed E-state index contributed by atoms with van der Waals surface area (Å²) in [6.07, 6.45) is 1.34. The van der Waals surface area contributed by atoms with Gasteiger partial charge in [-0.2, -0.15) is 17.5 Å². The highest BCUT2D eigenvalue weighted by Crippen LogP contribution is 2.36. The number of amides is 1. The minimum absolute atomic E-state index is 0.0421. The fourth-order valence-electron chi connectivity index (χ4n) is 5.96. The Bertz CT molecular complexity index is 1060. The lowest BCUT2D eigenvalue weighted by Gasteiger charge is -2.42. The zero-order valence-electron chi connectivity index (χ0n) is 21.8. The van der Waals surface area contributed by atoms with Crippen LogP contribution >= 0.6 is 15.9 Å². The van der Waals surface area contributed by atoms with Crippen LogP contribution in [0.5, 0.6) is 0 Å². The van der Waals surface area contributed by atoms with Crippen LogP contribution < -0.4 is 0 Å². The summed E-state index contributed by atoms with van der Waals surface area (Å²) in [6, 6.07) is 2.92. The molecule has 7 nitrogen and oxygen atoms in total. The molecule has 0 spiro atoms. The Labute approximate surface area is 231 Å². The zero-order valence-corrected chi connectivity index (χ0v) is 24.2. The molecule has 1 aromatic carbocycles. The first kappa shape index (κ1) is 29.8. The van der Waals surface area contributed by atoms with E-state index in [-0.39, 0.29) is 40.3 Å². The molecule has 0 N–H and O–H groups in total. The third-order valence-corrected chi connectivity index (χ3v) is 11.2. The molecule has 3 saturated heterocycles. The van der Waals surface area contributed by atoms with Gasteiger partial charge in [0, 0.05) is 56.3 Å². The number of benzene rings is 1. The average molecular weight is 625 g/mol. The number of carbonyl (C=O) groups excluding carboxylic acids is 1. The van der Waals surface area contributed by atoms with Crippen molar-refractivity contribution in [3.63, 3.8) is 0 Å². The first-order chi connectivity index (χ1) is 18.0. The van der Waals surface area contributed by atoms with Crippen LogP contribution in [-0.2, 0) is 25.7 Å². The van der Waals surface area contributed by atoms with Crippen LogP contribution in [0.1, 0.15) is 50.5 Å². The summed E-state index contributed by atoms with van der Waals surface area (Å²) in [5.74, 6) is 0.938. The Balaban J connectivity index is 1.26. The second-order valence-electron chi connectivity index (χ2n) is 10.6. The molecule has 38 heavy (non-hydrogen) atoms. The first-order valence-corrected chi connectivity index (χ1v) is 15.6. The van der Waals surface area contributed by atoms with Gasteiger partial charge in [0.05, 0.1) is 10.5 Å². The predicted octanol–water partition coefficient (Wildman–Crippen LogP) is 4.61. The normalized spacial score (nSPS) is 22.2. The van der Waals surface area contributed by atoms with Gasteiger partial charge in [0.25, 0.3) is 0 Å². The number of nitrogens with zero attached hydrogens (tertiary/aromatic N) is 3. The lowest BCUT2D eigenvalue weighted by atomic mass is 9.90. The van der Waals surface area contributed by atoms with Gasteiger partial charge in [-0.3, -0.25) is 4.79 Å². The molecule has 0 aromatic heterocycles. The number of halogens is 4. The van der Waals surface area contributed by atoms with E-state index in [9.17, 15) is 26.4 Å². The number of rotatable bonds is 7. The van der Waals surface area contributed by atoms with Crippen molar-refractivity contribution in [2.75, 3.05) is 53.0 Å². The molecule has 0 aliphatic carbocycles. The summed E-state index contributed by atoms with van der Waals surface area (Å²) in [5, 5.41) is 0. The minimum Gasteiger partial charge on any atom is -0.385 e. The van der Waals surface area contributed by atoms with Gasteiger partial charge in [-0.05, 0) is 98.1 Å². The smallest absolute Gasteiger partial charge is 0.385 e. The van der Waals surface area contributed by atoms with Gasteiger partial charge in [-0.25, -0.2) is 8.42 Å². The molecule has 3 aliphatic heterocycles. The van der Waals surface area contributed by atoms with Crippen LogP contribution in [0, 0.1) is 11.8 Å². The fraction of sp³-hybridized carbons (Fsp3) is 0.731. The van der Waals surface area contributed by atoms with E-state index in [0.29, 0.717) is 24.8 Å². The van der Waals surface area contributed by atoms with Crippen LogP contribution in [0.25, 0.3) is 0 Å². The van der Waals surface area contributed by atoms with Crippen molar-refractivity contribution in [2.45, 2.75) is 62.1 Å². The molecule has 3 heterocycles. The zero-order chi connectivity index (χ0) is 27.5. The fourth-order valence-corrected chi connectivity index (χ4v) is 8.38. The maximum atomic E-state index is 13.2. The largest absolute Gasteiger partial charge is 0.416 e. The highest BCUT2D eigenvalue weighted by Gasteiger charge is 2.38. The van der Waals surface area contributed by atoms with Crippen LogP contribution in [-0.4, -0.2) is 87.5 Å². The first-order valence-electron chi connectivity index (χ1n) is 13.4. The molecule has 0 bridgehead atoms. The van der Waals surface area contributed by atoms with Crippen LogP contribution in [0.3, 0.4) is 0 Å². The number of carbonyl (C=O) groups is 1. The highest BCUT2D eigenvalue weighted by molar-refractivity contribution is 9.10. The van der Waals surface area contributed by atoms with E-state index in [0.717, 1.165) is 77.0 Å². The SMILES string of the molecule is COCCC1CCN(C(=O)C2CCN(C3CCN(S(=O)(=O)c4cc(C(F)(F)F)ccc4Br)CC3)CC2)CC1. The molecule has 0 radical (unpaired) electrons. The second kappa shape index (κ2) is 12.5. The predicted molar refractivity (Wildman–Crippen MR) is 141 cm³/mol. The van der Waals surface area contributed by atoms with Crippen molar-refractivity contribution in [1.29, 1.82) is 0 Å². The Kier molecular flexibility index (Phi) is 9.82. The molecule has 214 valence electrons. The Morgan fingerprint density at radius 3 is 2.21 bits per heavy atom. The van der Waals surface area contributed by atoms with E-state index >= 15 is 0 Å². The highest BCUT2D eigenvalue weighted by atomic mass is 79.9. The van der Waals surface area contributed by atoms with Crippen LogP contribution in [0.15, 0.2) is 27.6 Å². The Hall–Kier alpha value is -1.21. The summed E-state index contributed by atoms with van der Waals surface area (Å²) in [7, 11) is -2.34. The lowest BCUT2D eigenvalue weighted by Crippen LogP contribution is -2.51. The standard InChI is InChI=1S/C26H37BrF3N3O4S/c1-37-17-10-19-4-11-32(12-5-19)25(34)20-6-13-31(14-7-20)22-8-15-33(16-9-22)38(35,36)24-18-21(26(28,29)30)2-3-23(24)27/h2-3,18-20,22H,4-17H2,1H3. The number of likely N-dealkylation sites (tertiary alicyclic amines) is 2. The maximum Gasteiger partial charge on any atom is 0.416 e. The second-order valence-corrected chi connectivity index (χ2v) is 13.4. The molecule has 1 amide bonds. The van der Waals surface area contributed by atoms with Crippen molar-refractivity contribution in [3.05, 3.63) is 28.2 Å². The summed E-state index contributed by atoms with van der Waals surface area (Å²) < 4.78 is 72.5. The van der Waals surface area contributed by atoms with Crippen LogP contribution in [0.4, 0.5) is 13.2 Å². The number of hydrogen-bond donors (Lipinski definition) is 0. The van der Waals surface area contributed by atoms with E-state index in [1.807, 2.05) is 4.90 Å². The van der Waals surface area contributed by atoms with E-state index in [1.165, 1.54) is 4.31 Å². The van der Waals surface area contributed by atoms with Gasteiger partial charge in [0.1, 0.15) is 0 Å². The molecule has 3 fully saturated rings. The molecule has 4 rings (SSSR count). The Morgan fingerprint density at radius 2 is 1.63 bits per heavy atom. The maximum absolute atomic E-state index is 13.2. The number of ether oxygens (including phenoxy) is 1. The third kappa shape index (κ3) is 6.92. The summed E-state index contributed by atoms with van der Waals surface area (Å²) >= 11 is 3.12. The molecule has 0 saturated carbocycles. The van der Waals surface area contributed by atoms with Crippen molar-refractivity contribution in [1.82, 2.24) is 14.1 Å². The van der Waals surface area contributed by atoms with Crippen LogP contribution in [0.2, 0.25) is 0 Å². The van der Waals surface area contributed by atoms with Crippen molar-refractivity contribution < 1.29 is 31.1 Å². The number of piperidine rings is 3. The van der Waals surface area contributed by atoms with Gasteiger partial charge >= 0.3 is 6.18 Å². The number of hydrogen-bond acceptors (Lipinski definition) is 5.